The largest absolute Gasteiger partial charge is 0.492 e. The van der Waals surface area contributed by atoms with E-state index in [0.29, 0.717) is 17.2 Å². The minimum Gasteiger partial charge on any atom is -0.492 e. The molecular weight excluding hydrogens is 285 g/mol. The molecule has 1 unspecified atom stereocenters. The Morgan fingerprint density at radius 3 is 2.76 bits per heavy atom. The number of ether oxygens (including phenoxy) is 1. The van der Waals surface area contributed by atoms with Crippen molar-refractivity contribution in [2.24, 2.45) is 0 Å². The summed E-state index contributed by atoms with van der Waals surface area (Å²) in [5.41, 5.74) is 0.655. The Morgan fingerprint density at radius 2 is 2.18 bits per heavy atom. The molecule has 4 nitrogen and oxygen atoms in total. The van der Waals surface area contributed by atoms with Gasteiger partial charge in [0.2, 0.25) is 0 Å². The zero-order valence-electron chi connectivity index (χ0n) is 9.04. The van der Waals surface area contributed by atoms with Crippen LogP contribution in [0.2, 0.25) is 5.02 Å². The van der Waals surface area contributed by atoms with E-state index < -0.39 is 9.05 Å². The molecule has 0 saturated carbocycles. The molecule has 0 amide bonds. The topological polar surface area (TPSA) is 55.4 Å². The highest BCUT2D eigenvalue weighted by Crippen LogP contribution is 2.42. The third kappa shape index (κ3) is 2.38. The van der Waals surface area contributed by atoms with Crippen LogP contribution in [-0.2, 0) is 9.05 Å². The molecule has 0 aliphatic carbocycles. The van der Waals surface area contributed by atoms with Crippen LogP contribution >= 0.6 is 22.3 Å². The second kappa shape index (κ2) is 4.65. The second-order valence-electron chi connectivity index (χ2n) is 3.70. The molecule has 0 bridgehead atoms. The van der Waals surface area contributed by atoms with E-state index in [1.165, 1.54) is 12.1 Å². The third-order valence-electron chi connectivity index (χ3n) is 2.72. The van der Waals surface area contributed by atoms with Gasteiger partial charge in [0, 0.05) is 33.7 Å². The summed E-state index contributed by atoms with van der Waals surface area (Å²) in [6, 6.07) is 2.86. The van der Waals surface area contributed by atoms with Gasteiger partial charge in [-0.25, -0.2) is 8.42 Å². The molecule has 1 atom stereocenters. The maximum absolute atomic E-state index is 11.4. The van der Waals surface area contributed by atoms with Gasteiger partial charge in [0.05, 0.1) is 6.61 Å². The molecule has 1 aliphatic rings. The molecule has 0 spiro atoms. The Kier molecular flexibility index (Phi) is 3.54. The normalized spacial score (nSPS) is 19.6. The van der Waals surface area contributed by atoms with E-state index in [4.69, 9.17) is 27.0 Å². The second-order valence-corrected chi connectivity index (χ2v) is 6.65. The number of nitrogens with one attached hydrogen (secondary N) is 1. The monoisotopic (exact) mass is 295 g/mol. The summed E-state index contributed by atoms with van der Waals surface area (Å²) in [4.78, 5) is -0.0292. The molecule has 1 N–H and O–H groups in total. The summed E-state index contributed by atoms with van der Waals surface area (Å²) < 4.78 is 28.3. The highest BCUT2D eigenvalue weighted by Gasteiger charge is 2.29. The van der Waals surface area contributed by atoms with E-state index in [1.54, 1.807) is 7.05 Å². The van der Waals surface area contributed by atoms with Crippen LogP contribution in [0.3, 0.4) is 0 Å². The predicted molar refractivity (Wildman–Crippen MR) is 66.4 cm³/mol. The van der Waals surface area contributed by atoms with Crippen molar-refractivity contribution >= 4 is 31.3 Å². The molecule has 0 radical (unpaired) electrons. The van der Waals surface area contributed by atoms with Gasteiger partial charge < -0.3 is 10.1 Å². The fraction of sp³-hybridized carbons (Fsp3) is 0.400. The van der Waals surface area contributed by atoms with Crippen LogP contribution in [0.5, 0.6) is 5.75 Å². The number of rotatable bonds is 2. The van der Waals surface area contributed by atoms with Gasteiger partial charge >= 0.3 is 0 Å². The number of hydrogen-bond acceptors (Lipinski definition) is 4. The van der Waals surface area contributed by atoms with Crippen LogP contribution in [0.1, 0.15) is 18.0 Å². The lowest BCUT2D eigenvalue weighted by Crippen LogP contribution is -2.25. The molecule has 1 heterocycles. The first-order valence-corrected chi connectivity index (χ1v) is 7.71. The fourth-order valence-corrected chi connectivity index (χ4v) is 3.20. The van der Waals surface area contributed by atoms with Gasteiger partial charge in [-0.2, -0.15) is 0 Å². The van der Waals surface area contributed by atoms with Crippen LogP contribution in [0, 0.1) is 0 Å². The fourth-order valence-electron chi connectivity index (χ4n) is 1.93. The highest BCUT2D eigenvalue weighted by molar-refractivity contribution is 8.13. The molecule has 1 aromatic rings. The molecular formula is C10H11Cl2NO3S. The van der Waals surface area contributed by atoms with Crippen LogP contribution in [0.25, 0.3) is 0 Å². The third-order valence-corrected chi connectivity index (χ3v) is 4.39. The van der Waals surface area contributed by atoms with Gasteiger partial charge in [-0.15, -0.1) is 0 Å². The van der Waals surface area contributed by atoms with E-state index in [2.05, 4.69) is 5.32 Å². The summed E-state index contributed by atoms with van der Waals surface area (Å²) in [6.45, 7) is 0.429. The average molecular weight is 296 g/mol. The summed E-state index contributed by atoms with van der Waals surface area (Å²) in [7, 11) is 3.33. The lowest BCUT2D eigenvalue weighted by atomic mass is 10.0. The maximum atomic E-state index is 11.4. The van der Waals surface area contributed by atoms with Crippen LogP contribution < -0.4 is 10.1 Å². The Balaban J connectivity index is 2.69. The van der Waals surface area contributed by atoms with E-state index in [0.717, 1.165) is 6.42 Å². The number of benzene rings is 1. The molecule has 0 aromatic heterocycles. The zero-order valence-corrected chi connectivity index (χ0v) is 11.4. The Morgan fingerprint density at radius 1 is 1.47 bits per heavy atom. The van der Waals surface area contributed by atoms with Crippen molar-refractivity contribution in [3.63, 3.8) is 0 Å². The Bertz CT molecular complexity index is 545. The number of halogens is 2. The van der Waals surface area contributed by atoms with Gasteiger partial charge in [0.1, 0.15) is 10.6 Å². The van der Waals surface area contributed by atoms with E-state index in [1.807, 2.05) is 0 Å². The molecule has 0 fully saturated rings. The van der Waals surface area contributed by atoms with Crippen molar-refractivity contribution in [1.29, 1.82) is 0 Å². The molecule has 1 aliphatic heterocycles. The van der Waals surface area contributed by atoms with Gasteiger partial charge in [-0.1, -0.05) is 11.6 Å². The minimum atomic E-state index is -3.83. The van der Waals surface area contributed by atoms with E-state index in [9.17, 15) is 8.42 Å². The van der Waals surface area contributed by atoms with Crippen molar-refractivity contribution in [3.8, 4) is 5.75 Å². The van der Waals surface area contributed by atoms with Crippen molar-refractivity contribution in [2.45, 2.75) is 17.4 Å². The Hall–Kier alpha value is -0.490. The lowest BCUT2D eigenvalue weighted by molar-refractivity contribution is 0.250. The Labute approximate surface area is 109 Å². The van der Waals surface area contributed by atoms with Gasteiger partial charge in [0.15, 0.2) is 0 Å². The molecule has 1 aromatic carbocycles. The standard InChI is InChI=1S/C10H11Cl2NO3S/c1-13-7-4-5-16-10-8(17(12,14)15)3-2-6(11)9(7)10/h2-3,7,13H,4-5H2,1H3. The van der Waals surface area contributed by atoms with Gasteiger partial charge in [0.25, 0.3) is 9.05 Å². The minimum absolute atomic E-state index is 0.0235. The van der Waals surface area contributed by atoms with Crippen LogP contribution in [-0.4, -0.2) is 22.1 Å². The first-order chi connectivity index (χ1) is 7.95. The first kappa shape index (κ1) is 13.0. The molecule has 17 heavy (non-hydrogen) atoms. The number of hydrogen-bond donors (Lipinski definition) is 1. The van der Waals surface area contributed by atoms with E-state index >= 15 is 0 Å². The maximum Gasteiger partial charge on any atom is 0.264 e. The molecule has 0 saturated heterocycles. The highest BCUT2D eigenvalue weighted by atomic mass is 35.7. The van der Waals surface area contributed by atoms with Gasteiger partial charge in [-0.3, -0.25) is 0 Å². The summed E-state index contributed by atoms with van der Waals surface area (Å²) >= 11 is 6.08. The number of fused-ring (bicyclic) bond motifs is 1. The lowest BCUT2D eigenvalue weighted by Gasteiger charge is -2.27. The predicted octanol–water partition coefficient (Wildman–Crippen LogP) is 2.31. The van der Waals surface area contributed by atoms with Crippen molar-refractivity contribution in [3.05, 3.63) is 22.7 Å². The SMILES string of the molecule is CNC1CCOc2c(S(=O)(=O)Cl)ccc(Cl)c21. The zero-order chi connectivity index (χ0) is 12.6. The summed E-state index contributed by atoms with van der Waals surface area (Å²) in [5.74, 6) is 0.262. The smallest absolute Gasteiger partial charge is 0.264 e. The first-order valence-electron chi connectivity index (χ1n) is 5.02. The van der Waals surface area contributed by atoms with Crippen LogP contribution in [0.4, 0.5) is 0 Å². The molecule has 94 valence electrons. The van der Waals surface area contributed by atoms with Crippen molar-refractivity contribution < 1.29 is 13.2 Å². The summed E-state index contributed by atoms with van der Waals surface area (Å²) in [5, 5.41) is 3.55. The quantitative estimate of drug-likeness (QED) is 0.851. The molecule has 2 rings (SSSR count). The van der Waals surface area contributed by atoms with E-state index in [-0.39, 0.29) is 16.7 Å². The van der Waals surface area contributed by atoms with Crippen LogP contribution in [0.15, 0.2) is 17.0 Å². The molecule has 7 heteroatoms. The van der Waals surface area contributed by atoms with Crippen molar-refractivity contribution in [1.82, 2.24) is 5.32 Å². The van der Waals surface area contributed by atoms with Crippen molar-refractivity contribution in [2.75, 3.05) is 13.7 Å². The summed E-state index contributed by atoms with van der Waals surface area (Å²) in [6.07, 6.45) is 0.731. The van der Waals surface area contributed by atoms with Gasteiger partial charge in [-0.05, 0) is 19.2 Å². The average Bonchev–Trinajstić information content (AvgIpc) is 2.27.